The van der Waals surface area contributed by atoms with Crippen LogP contribution in [0.1, 0.15) is 44.9 Å². The van der Waals surface area contributed by atoms with Gasteiger partial charge in [0.1, 0.15) is 68.0 Å². The molecule has 0 radical (unpaired) electrons. The minimum Gasteiger partial charge on any atom is -0.481 e. The highest BCUT2D eigenvalue weighted by molar-refractivity contribution is 5.90. The molecular formula is C30H49O19+. The first-order chi connectivity index (χ1) is 23.2. The van der Waals surface area contributed by atoms with Gasteiger partial charge >= 0.3 is 11.9 Å². The summed E-state index contributed by atoms with van der Waals surface area (Å²) in [4.78, 5) is 23.0. The number of aliphatic hydroxyl groups excluding tert-OH is 10. The van der Waals surface area contributed by atoms with E-state index in [1.807, 2.05) is 0 Å². The van der Waals surface area contributed by atoms with Gasteiger partial charge in [-0.25, -0.2) is 0 Å². The van der Waals surface area contributed by atoms with E-state index in [1.54, 1.807) is 0 Å². The highest BCUT2D eigenvalue weighted by Gasteiger charge is 2.56. The molecule has 0 spiro atoms. The van der Waals surface area contributed by atoms with Gasteiger partial charge in [0.2, 0.25) is 0 Å². The number of hydrogen-bond donors (Lipinski definition) is 11. The van der Waals surface area contributed by atoms with Crippen LogP contribution in [0.25, 0.3) is 0 Å². The van der Waals surface area contributed by atoms with E-state index < -0.39 is 142 Å². The Balaban J connectivity index is 1.39. The molecule has 3 heterocycles. The third kappa shape index (κ3) is 8.70. The lowest BCUT2D eigenvalue weighted by molar-refractivity contribution is -0.379. The molecule has 19 atom stereocenters. The maximum absolute atomic E-state index is 12.0. The molecule has 12 N–H and O–H groups in total. The van der Waals surface area contributed by atoms with Gasteiger partial charge in [-0.1, -0.05) is 0 Å². The summed E-state index contributed by atoms with van der Waals surface area (Å²) in [7, 11) is 0. The zero-order chi connectivity index (χ0) is 35.7. The van der Waals surface area contributed by atoms with E-state index in [0.717, 1.165) is 0 Å². The molecule has 19 heteroatoms. The monoisotopic (exact) mass is 713 g/mol. The molecule has 19 nitrogen and oxygen atoms in total. The maximum Gasteiger partial charge on any atom is 0.317 e. The lowest BCUT2D eigenvalue weighted by Gasteiger charge is -2.49. The van der Waals surface area contributed by atoms with Crippen LogP contribution in [-0.2, 0) is 33.3 Å². The maximum atomic E-state index is 12.0. The van der Waals surface area contributed by atoms with E-state index in [-0.39, 0.29) is 38.0 Å². The molecule has 0 aromatic carbocycles. The van der Waals surface area contributed by atoms with Gasteiger partial charge in [0.25, 0.3) is 0 Å². The Morgan fingerprint density at radius 2 is 1.41 bits per heavy atom. The Morgan fingerprint density at radius 1 is 0.714 bits per heavy atom. The molecule has 3 aliphatic heterocycles. The molecule has 3 saturated heterocycles. The molecule has 0 aromatic rings. The van der Waals surface area contributed by atoms with Crippen LogP contribution < -0.4 is 0 Å². The molecule has 2 aliphatic carbocycles. The summed E-state index contributed by atoms with van der Waals surface area (Å²) < 4.78 is 33.2. The fourth-order valence-corrected chi connectivity index (χ4v) is 7.67. The topological polar surface area (TPSA) is 316 Å². The zero-order valence-corrected chi connectivity index (χ0v) is 26.6. The molecule has 0 amide bonds. The number of carbonyl (C=O) groups is 2. The number of rotatable bonds is 10. The lowest BCUT2D eigenvalue weighted by atomic mass is 9.72. The quantitative estimate of drug-likeness (QED) is 0.0571. The average molecular weight is 714 g/mol. The number of aliphatic carboxylic acids is 1. The smallest absolute Gasteiger partial charge is 0.317 e. The predicted molar refractivity (Wildman–Crippen MR) is 156 cm³/mol. The Morgan fingerprint density at radius 3 is 2.08 bits per heavy atom. The van der Waals surface area contributed by atoms with Gasteiger partial charge in [0, 0.05) is 18.8 Å². The van der Waals surface area contributed by atoms with E-state index in [4.69, 9.17) is 33.5 Å². The third-order valence-corrected chi connectivity index (χ3v) is 10.4. The van der Waals surface area contributed by atoms with E-state index in [2.05, 4.69) is 0 Å². The van der Waals surface area contributed by atoms with Crippen molar-refractivity contribution in [2.24, 2.45) is 11.8 Å². The van der Waals surface area contributed by atoms with Gasteiger partial charge in [-0.05, 0) is 25.7 Å². The van der Waals surface area contributed by atoms with Crippen LogP contribution in [0.2, 0.25) is 0 Å². The van der Waals surface area contributed by atoms with E-state index in [1.165, 1.54) is 0 Å². The summed E-state index contributed by atoms with van der Waals surface area (Å²) in [6.45, 7) is -1.52. The van der Waals surface area contributed by atoms with Crippen molar-refractivity contribution in [2.45, 2.75) is 149 Å². The van der Waals surface area contributed by atoms with Gasteiger partial charge in [0.15, 0.2) is 24.8 Å². The molecule has 5 aliphatic rings. The van der Waals surface area contributed by atoms with Crippen LogP contribution in [-0.4, -0.2) is 190 Å². The number of esters is 1. The van der Waals surface area contributed by atoms with Gasteiger partial charge in [-0.3, -0.25) is 9.59 Å². The Kier molecular flexibility index (Phi) is 12.9. The molecule has 5 rings (SSSR count). The van der Waals surface area contributed by atoms with Crippen molar-refractivity contribution >= 4 is 11.9 Å². The second-order valence-corrected chi connectivity index (χ2v) is 13.8. The fraction of sp³-hybridized carbons (Fsp3) is 0.933. The van der Waals surface area contributed by atoms with E-state index >= 15 is 0 Å². The second-order valence-electron chi connectivity index (χ2n) is 13.8. The number of carbonyl (C=O) groups excluding carboxylic acids is 1. The summed E-state index contributed by atoms with van der Waals surface area (Å²) in [5, 5.41) is 114. The summed E-state index contributed by atoms with van der Waals surface area (Å²) in [5.41, 5.74) is 0. The van der Waals surface area contributed by atoms with Crippen LogP contribution in [0.5, 0.6) is 0 Å². The molecule has 2 saturated carbocycles. The normalized spacial score (nSPS) is 49.1. The molecule has 49 heavy (non-hydrogen) atoms. The molecular weight excluding hydrogens is 664 g/mol. The SMILES string of the molecule is O=C(O)CC(=O)OC[C@H]1O[C@@H](OC2CC3C(O)CC(O)CC3[OH+]C2C2CCC(O)C(O)C2)[C@H](O)[C@@H](O[C@@H]2O[C@H](CO)[C@@H](O)[C@H](O)[C@H]2O)[C@@H]1O. The summed E-state index contributed by atoms with van der Waals surface area (Å²) in [6, 6.07) is 0. The summed E-state index contributed by atoms with van der Waals surface area (Å²) in [5.74, 6) is -3.41. The van der Waals surface area contributed by atoms with Gasteiger partial charge in [0.05, 0.1) is 36.9 Å². The van der Waals surface area contributed by atoms with Gasteiger partial charge in [-0.2, -0.15) is 0 Å². The number of ether oxygens (including phenoxy) is 6. The minimum absolute atomic E-state index is 0.107. The standard InChI is InChI=1S/C30H48O19/c31-8-18-22(39)24(41)25(42)29(47-18)49-28-23(40)19(9-44-21(38)7-20(36)37)48-30(26(28)43)46-17-6-12-14(34)4-11(32)5-16(12)45-27(17)10-1-2-13(33)15(35)3-10/h10-19,22-35,39-43H,1-9H2,(H,36,37)/p+1/t10?,11?,12?,13?,14?,15?,16?,17?,18-,19-,22-,23-,24+,25-,26-,27?,28+,29+,30-/m1/s1. The van der Waals surface area contributed by atoms with E-state index in [9.17, 15) is 60.7 Å². The first kappa shape index (κ1) is 38.6. The molecule has 9 unspecified atom stereocenters. The minimum atomic E-state index is -1.92. The Hall–Kier alpha value is -1.66. The van der Waals surface area contributed by atoms with Crippen LogP contribution >= 0.6 is 0 Å². The molecule has 282 valence electrons. The first-order valence-corrected chi connectivity index (χ1v) is 16.6. The molecule has 0 bridgehead atoms. The average Bonchev–Trinajstić information content (AvgIpc) is 3.04. The third-order valence-electron chi connectivity index (χ3n) is 10.4. The van der Waals surface area contributed by atoms with Crippen molar-refractivity contribution in [3.05, 3.63) is 0 Å². The van der Waals surface area contributed by atoms with Crippen molar-refractivity contribution in [1.29, 1.82) is 0 Å². The predicted octanol–water partition coefficient (Wildman–Crippen LogP) is -5.66. The van der Waals surface area contributed by atoms with Gasteiger partial charge in [-0.15, -0.1) is 0 Å². The van der Waals surface area contributed by atoms with Crippen molar-refractivity contribution < 1.29 is 94.2 Å². The molecule has 5 fully saturated rings. The van der Waals surface area contributed by atoms with Crippen molar-refractivity contribution in [2.75, 3.05) is 13.2 Å². The largest absolute Gasteiger partial charge is 0.481 e. The van der Waals surface area contributed by atoms with Crippen LogP contribution in [0.3, 0.4) is 0 Å². The fourth-order valence-electron chi connectivity index (χ4n) is 7.67. The van der Waals surface area contributed by atoms with Crippen LogP contribution in [0.4, 0.5) is 0 Å². The first-order valence-electron chi connectivity index (χ1n) is 16.6. The summed E-state index contributed by atoms with van der Waals surface area (Å²) in [6.07, 6.45) is -22.6. The highest BCUT2D eigenvalue weighted by atomic mass is 16.7. The second kappa shape index (κ2) is 16.3. The highest BCUT2D eigenvalue weighted by Crippen LogP contribution is 2.42. The van der Waals surface area contributed by atoms with Crippen LogP contribution in [0, 0.1) is 11.8 Å². The van der Waals surface area contributed by atoms with Crippen LogP contribution in [0.15, 0.2) is 0 Å². The number of carboxylic acids is 1. The summed E-state index contributed by atoms with van der Waals surface area (Å²) >= 11 is 0. The molecule has 0 aromatic heterocycles. The van der Waals surface area contributed by atoms with Crippen molar-refractivity contribution in [3.63, 3.8) is 0 Å². The zero-order valence-electron chi connectivity index (χ0n) is 26.6. The lowest BCUT2D eigenvalue weighted by Crippen LogP contribution is -2.66. The number of fused-ring (bicyclic) bond motifs is 1. The van der Waals surface area contributed by atoms with Crippen molar-refractivity contribution in [1.82, 2.24) is 0 Å². The number of carboxylic acid groups (broad SMARTS) is 1. The number of hydrogen-bond acceptors (Lipinski definition) is 17. The van der Waals surface area contributed by atoms with Gasteiger partial charge < -0.3 is 84.6 Å². The Labute approximate surface area is 280 Å². The number of aliphatic hydroxyl groups is 12. The van der Waals surface area contributed by atoms with E-state index in [0.29, 0.717) is 6.42 Å². The Bertz CT molecular complexity index is 1110. The van der Waals surface area contributed by atoms with Crippen molar-refractivity contribution in [3.8, 4) is 0 Å².